The van der Waals surface area contributed by atoms with E-state index in [-0.39, 0.29) is 29.5 Å². The van der Waals surface area contributed by atoms with Gasteiger partial charge >= 0.3 is 0 Å². The second-order valence-corrected chi connectivity index (χ2v) is 8.67. The predicted molar refractivity (Wildman–Crippen MR) is 89.4 cm³/mol. The van der Waals surface area contributed by atoms with E-state index in [1.165, 1.54) is 0 Å². The van der Waals surface area contributed by atoms with E-state index in [4.69, 9.17) is 0 Å². The number of carbonyl (C=O) groups is 1. The van der Waals surface area contributed by atoms with Crippen molar-refractivity contribution in [1.82, 2.24) is 29.4 Å². The van der Waals surface area contributed by atoms with Gasteiger partial charge in [-0.05, 0) is 6.07 Å². The highest BCUT2D eigenvalue weighted by atomic mass is 32.2. The maximum absolute atomic E-state index is 12.2. The third-order valence-corrected chi connectivity index (χ3v) is 6.62. The van der Waals surface area contributed by atoms with Gasteiger partial charge in [-0.1, -0.05) is 6.92 Å². The van der Waals surface area contributed by atoms with Crippen molar-refractivity contribution in [2.45, 2.75) is 32.0 Å². The number of hydrogen-bond donors (Lipinski definition) is 0. The van der Waals surface area contributed by atoms with Crippen LogP contribution in [-0.2, 0) is 21.2 Å². The van der Waals surface area contributed by atoms with Crippen LogP contribution < -0.4 is 0 Å². The molecule has 1 amide bonds. The normalized spacial score (nSPS) is 26.0. The lowest BCUT2D eigenvalue weighted by molar-refractivity contribution is -0.136. The van der Waals surface area contributed by atoms with Crippen molar-refractivity contribution in [2.75, 3.05) is 24.6 Å². The van der Waals surface area contributed by atoms with Crippen LogP contribution >= 0.6 is 0 Å². The lowest BCUT2D eigenvalue weighted by Gasteiger charge is -2.43. The number of sulfone groups is 1. The van der Waals surface area contributed by atoms with E-state index in [1.807, 2.05) is 0 Å². The number of rotatable bonds is 3. The van der Waals surface area contributed by atoms with Crippen molar-refractivity contribution in [3.8, 4) is 0 Å². The van der Waals surface area contributed by atoms with Crippen LogP contribution in [0.25, 0.3) is 5.78 Å². The summed E-state index contributed by atoms with van der Waals surface area (Å²) in [6.07, 6.45) is 3.82. The molecule has 0 aromatic carbocycles. The zero-order chi connectivity index (χ0) is 17.6. The van der Waals surface area contributed by atoms with E-state index in [1.54, 1.807) is 34.8 Å². The Labute approximate surface area is 145 Å². The van der Waals surface area contributed by atoms with Gasteiger partial charge < -0.3 is 4.90 Å². The molecule has 9 nitrogen and oxygen atoms in total. The zero-order valence-electron chi connectivity index (χ0n) is 13.9. The summed E-state index contributed by atoms with van der Waals surface area (Å²) in [5.41, 5.74) is 0. The number of fused-ring (bicyclic) bond motifs is 2. The molecule has 0 aliphatic carbocycles. The van der Waals surface area contributed by atoms with Crippen LogP contribution in [0.2, 0.25) is 0 Å². The molecule has 2 fully saturated rings. The molecule has 0 N–H and O–H groups in total. The highest BCUT2D eigenvalue weighted by molar-refractivity contribution is 7.91. The van der Waals surface area contributed by atoms with E-state index >= 15 is 0 Å². The molecule has 0 bridgehead atoms. The van der Waals surface area contributed by atoms with Crippen molar-refractivity contribution >= 4 is 21.5 Å². The molecular formula is C15H20N6O3S. The fourth-order valence-electron chi connectivity index (χ4n) is 3.76. The first-order valence-corrected chi connectivity index (χ1v) is 10.2. The topological polar surface area (TPSA) is 101 Å². The highest BCUT2D eigenvalue weighted by Gasteiger charge is 2.47. The molecule has 134 valence electrons. The molecule has 2 aromatic heterocycles. The SMILES string of the molecule is CCC(=O)N1CCN(Cc2nc3ncccn3n2)[C@@H]2CS(=O)(=O)C[C@@H]21. The summed E-state index contributed by atoms with van der Waals surface area (Å²) in [7, 11) is -3.15. The van der Waals surface area contributed by atoms with Gasteiger partial charge in [-0.2, -0.15) is 4.98 Å². The smallest absolute Gasteiger partial charge is 0.252 e. The summed E-state index contributed by atoms with van der Waals surface area (Å²) in [6, 6.07) is 1.30. The highest BCUT2D eigenvalue weighted by Crippen LogP contribution is 2.28. The molecule has 2 aliphatic heterocycles. The molecule has 0 unspecified atom stereocenters. The van der Waals surface area contributed by atoms with E-state index in [0.717, 1.165) is 0 Å². The van der Waals surface area contributed by atoms with Gasteiger partial charge in [0.15, 0.2) is 15.7 Å². The molecule has 0 radical (unpaired) electrons. The average molecular weight is 364 g/mol. The second kappa shape index (κ2) is 6.03. The fourth-order valence-corrected chi connectivity index (χ4v) is 5.77. The van der Waals surface area contributed by atoms with Crippen LogP contribution in [0.4, 0.5) is 0 Å². The largest absolute Gasteiger partial charge is 0.336 e. The van der Waals surface area contributed by atoms with E-state index < -0.39 is 9.84 Å². The zero-order valence-corrected chi connectivity index (χ0v) is 14.8. The van der Waals surface area contributed by atoms with Gasteiger partial charge in [0.2, 0.25) is 5.91 Å². The van der Waals surface area contributed by atoms with Crippen LogP contribution in [-0.4, -0.2) is 80.4 Å². The molecule has 2 saturated heterocycles. The Balaban J connectivity index is 1.59. The molecule has 10 heteroatoms. The lowest BCUT2D eigenvalue weighted by Crippen LogP contribution is -2.60. The Kier molecular flexibility index (Phi) is 3.95. The first-order chi connectivity index (χ1) is 12.0. The van der Waals surface area contributed by atoms with E-state index in [9.17, 15) is 13.2 Å². The molecular weight excluding hydrogens is 344 g/mol. The Morgan fingerprint density at radius 2 is 2.08 bits per heavy atom. The predicted octanol–water partition coefficient (Wildman–Crippen LogP) is -0.656. The van der Waals surface area contributed by atoms with Crippen LogP contribution in [0.15, 0.2) is 18.5 Å². The molecule has 2 aliphatic rings. The third kappa shape index (κ3) is 2.99. The van der Waals surface area contributed by atoms with E-state index in [2.05, 4.69) is 20.0 Å². The monoisotopic (exact) mass is 364 g/mol. The molecule has 2 atom stereocenters. The van der Waals surface area contributed by atoms with Gasteiger partial charge in [0.25, 0.3) is 5.78 Å². The Bertz CT molecular complexity index is 878. The minimum absolute atomic E-state index is 0.0156. The summed E-state index contributed by atoms with van der Waals surface area (Å²) in [4.78, 5) is 24.6. The van der Waals surface area contributed by atoms with Crippen molar-refractivity contribution in [1.29, 1.82) is 0 Å². The summed E-state index contributed by atoms with van der Waals surface area (Å²) >= 11 is 0. The van der Waals surface area contributed by atoms with Gasteiger partial charge in [0.1, 0.15) is 0 Å². The average Bonchev–Trinajstić information content (AvgIpc) is 3.13. The number of nitrogens with zero attached hydrogens (tertiary/aromatic N) is 6. The summed E-state index contributed by atoms with van der Waals surface area (Å²) in [6.45, 7) is 3.41. The maximum atomic E-state index is 12.2. The number of aromatic nitrogens is 4. The number of amides is 1. The minimum Gasteiger partial charge on any atom is -0.336 e. The molecule has 2 aromatic rings. The number of hydrogen-bond acceptors (Lipinski definition) is 7. The van der Waals surface area contributed by atoms with Crippen molar-refractivity contribution in [2.24, 2.45) is 0 Å². The third-order valence-electron chi connectivity index (χ3n) is 4.92. The fraction of sp³-hybridized carbons (Fsp3) is 0.600. The first kappa shape index (κ1) is 16.4. The van der Waals surface area contributed by atoms with Gasteiger partial charge in [0, 0.05) is 37.9 Å². The lowest BCUT2D eigenvalue weighted by atomic mass is 10.0. The molecule has 0 saturated carbocycles. The summed E-state index contributed by atoms with van der Waals surface area (Å²) in [5.74, 6) is 1.27. The van der Waals surface area contributed by atoms with Crippen molar-refractivity contribution in [3.05, 3.63) is 24.3 Å². The molecule has 25 heavy (non-hydrogen) atoms. The summed E-state index contributed by atoms with van der Waals surface area (Å²) in [5, 5.41) is 4.40. The van der Waals surface area contributed by atoms with Crippen LogP contribution in [0, 0.1) is 0 Å². The second-order valence-electron chi connectivity index (χ2n) is 6.52. The molecule has 4 rings (SSSR count). The van der Waals surface area contributed by atoms with Crippen LogP contribution in [0.1, 0.15) is 19.2 Å². The summed E-state index contributed by atoms with van der Waals surface area (Å²) < 4.78 is 26.0. The Morgan fingerprint density at radius 1 is 1.28 bits per heavy atom. The van der Waals surface area contributed by atoms with Crippen molar-refractivity contribution in [3.63, 3.8) is 0 Å². The maximum Gasteiger partial charge on any atom is 0.252 e. The quantitative estimate of drug-likeness (QED) is 0.713. The molecule has 4 heterocycles. The minimum atomic E-state index is -3.15. The standard InChI is InChI=1S/C15H20N6O3S/c1-2-14(22)20-7-6-19(11-9-25(23,24)10-12(11)20)8-13-17-15-16-4-3-5-21(15)18-13/h3-5,11-12H,2,6-10H2,1H3/t11-,12+/m1/s1. The van der Waals surface area contributed by atoms with Gasteiger partial charge in [-0.3, -0.25) is 9.69 Å². The van der Waals surface area contributed by atoms with Crippen LogP contribution in [0.3, 0.4) is 0 Å². The Morgan fingerprint density at radius 3 is 2.84 bits per heavy atom. The van der Waals surface area contributed by atoms with Gasteiger partial charge in [-0.15, -0.1) is 5.10 Å². The number of carbonyl (C=O) groups excluding carboxylic acids is 1. The van der Waals surface area contributed by atoms with Gasteiger partial charge in [0.05, 0.1) is 24.1 Å². The first-order valence-electron chi connectivity index (χ1n) is 8.37. The molecule has 0 spiro atoms. The number of piperazine rings is 1. The van der Waals surface area contributed by atoms with E-state index in [0.29, 0.717) is 37.7 Å². The van der Waals surface area contributed by atoms with Crippen molar-refractivity contribution < 1.29 is 13.2 Å². The van der Waals surface area contributed by atoms with Gasteiger partial charge in [-0.25, -0.2) is 17.9 Å². The Hall–Kier alpha value is -2.07. The van der Waals surface area contributed by atoms with Crippen LogP contribution in [0.5, 0.6) is 0 Å².